The number of hydrogen-bond donors (Lipinski definition) is 0. The third-order valence-electron chi connectivity index (χ3n) is 1.89. The molecule has 0 fully saturated rings. The summed E-state index contributed by atoms with van der Waals surface area (Å²) in [6.45, 7) is 0. The molecule has 0 atom stereocenters. The van der Waals surface area contributed by atoms with Gasteiger partial charge in [0.1, 0.15) is 5.76 Å². The topological polar surface area (TPSA) is 22.1 Å². The van der Waals surface area contributed by atoms with Crippen LogP contribution in [-0.4, -0.2) is 9.85 Å². The number of thiocarbonyl (C=S) groups is 1. The van der Waals surface area contributed by atoms with Gasteiger partial charge in [0.15, 0.2) is 10.9 Å². The van der Waals surface area contributed by atoms with Gasteiger partial charge in [-0.15, -0.1) is 0 Å². The lowest BCUT2D eigenvalue weighted by Gasteiger charge is -2.10. The normalized spacial score (nSPS) is 15.0. The van der Waals surface area contributed by atoms with Crippen LogP contribution in [0.4, 0.5) is 0 Å². The Balaban J connectivity index is 2.14. The fourth-order valence-corrected chi connectivity index (χ4v) is 1.47. The van der Waals surface area contributed by atoms with Crippen molar-refractivity contribution >= 4 is 28.7 Å². The van der Waals surface area contributed by atoms with Gasteiger partial charge in [-0.25, -0.2) is 4.98 Å². The molecule has 0 radical (unpaired) electrons. The number of nitrogens with zero attached hydrogens (tertiary/aromatic N) is 1. The number of pyridine rings is 1. The number of allylic oxidation sites excluding steroid dienone is 3. The van der Waals surface area contributed by atoms with Gasteiger partial charge >= 0.3 is 0 Å². The number of halogens is 1. The molecule has 0 aromatic carbocycles. The van der Waals surface area contributed by atoms with E-state index in [-0.39, 0.29) is 0 Å². The second kappa shape index (κ2) is 4.55. The Morgan fingerprint density at radius 1 is 1.40 bits per heavy atom. The smallest absolute Gasteiger partial charge is 0.171 e. The molecule has 1 heterocycles. The summed E-state index contributed by atoms with van der Waals surface area (Å²) in [6, 6.07) is 3.55. The minimum atomic E-state index is 0.361. The van der Waals surface area contributed by atoms with Crippen LogP contribution in [0.1, 0.15) is 6.42 Å². The first-order chi connectivity index (χ1) is 7.25. The second-order valence-electron chi connectivity index (χ2n) is 3.00. The van der Waals surface area contributed by atoms with Gasteiger partial charge in [-0.3, -0.25) is 0 Å². The predicted octanol–water partition coefficient (Wildman–Crippen LogP) is 3.33. The van der Waals surface area contributed by atoms with Crippen LogP contribution >= 0.6 is 23.8 Å². The Morgan fingerprint density at radius 2 is 2.27 bits per heavy atom. The van der Waals surface area contributed by atoms with Crippen molar-refractivity contribution in [1.29, 1.82) is 0 Å². The molecule has 0 saturated heterocycles. The summed E-state index contributed by atoms with van der Waals surface area (Å²) in [5.41, 5.74) is 0. The quantitative estimate of drug-likeness (QED) is 0.582. The maximum atomic E-state index is 5.86. The summed E-state index contributed by atoms with van der Waals surface area (Å²) in [5.74, 6) is 1.31. The summed E-state index contributed by atoms with van der Waals surface area (Å²) in [7, 11) is 0. The number of hydrogen-bond acceptors (Lipinski definition) is 3. The average Bonchev–Trinajstić information content (AvgIpc) is 2.25. The van der Waals surface area contributed by atoms with Gasteiger partial charge in [-0.2, -0.15) is 0 Å². The van der Waals surface area contributed by atoms with Crippen molar-refractivity contribution < 1.29 is 4.74 Å². The van der Waals surface area contributed by atoms with Crippen molar-refractivity contribution in [2.75, 3.05) is 0 Å². The fourth-order valence-electron chi connectivity index (χ4n) is 1.16. The monoisotopic (exact) mass is 237 g/mol. The zero-order valence-corrected chi connectivity index (χ0v) is 9.39. The van der Waals surface area contributed by atoms with Gasteiger partial charge in [0.05, 0.1) is 0 Å². The molecular formula is C11H8ClNOS. The second-order valence-corrected chi connectivity index (χ2v) is 3.89. The lowest BCUT2D eigenvalue weighted by molar-refractivity contribution is 0.440. The van der Waals surface area contributed by atoms with Crippen LogP contribution in [0.25, 0.3) is 0 Å². The molecule has 0 aliphatic heterocycles. The van der Waals surface area contributed by atoms with E-state index in [1.165, 1.54) is 0 Å². The first-order valence-corrected chi connectivity index (χ1v) is 5.24. The molecule has 1 aromatic heterocycles. The van der Waals surface area contributed by atoms with E-state index >= 15 is 0 Å². The van der Waals surface area contributed by atoms with Gasteiger partial charge in [-0.05, 0) is 30.4 Å². The highest BCUT2D eigenvalue weighted by atomic mass is 35.5. The van der Waals surface area contributed by atoms with E-state index in [4.69, 9.17) is 28.6 Å². The Kier molecular flexibility index (Phi) is 3.14. The highest BCUT2D eigenvalue weighted by molar-refractivity contribution is 7.80. The van der Waals surface area contributed by atoms with Crippen LogP contribution in [-0.2, 0) is 0 Å². The molecule has 1 aromatic rings. The lowest BCUT2D eigenvalue weighted by Crippen LogP contribution is -2.00. The van der Waals surface area contributed by atoms with Crippen LogP contribution in [0.5, 0.6) is 5.75 Å². The fraction of sp³-hybridized carbons (Fsp3) is 0.0909. The van der Waals surface area contributed by atoms with Crippen LogP contribution in [0.3, 0.4) is 0 Å². The van der Waals surface area contributed by atoms with Gasteiger partial charge in [0, 0.05) is 17.5 Å². The first-order valence-electron chi connectivity index (χ1n) is 4.45. The average molecular weight is 238 g/mol. The Hall–Kier alpha value is -1.19. The van der Waals surface area contributed by atoms with Crippen molar-refractivity contribution in [3.05, 3.63) is 47.5 Å². The summed E-state index contributed by atoms with van der Waals surface area (Å²) >= 11 is 10.9. The molecule has 1 aliphatic rings. The zero-order valence-electron chi connectivity index (χ0n) is 7.81. The Bertz CT molecular complexity index is 454. The molecule has 1 aliphatic carbocycles. The molecule has 2 rings (SSSR count). The minimum Gasteiger partial charge on any atom is -0.454 e. The van der Waals surface area contributed by atoms with E-state index in [2.05, 4.69) is 4.98 Å². The van der Waals surface area contributed by atoms with Gasteiger partial charge < -0.3 is 4.74 Å². The maximum absolute atomic E-state index is 5.86. The van der Waals surface area contributed by atoms with E-state index in [0.29, 0.717) is 10.9 Å². The van der Waals surface area contributed by atoms with Crippen molar-refractivity contribution in [2.24, 2.45) is 0 Å². The third kappa shape index (κ3) is 2.64. The standard InChI is InChI=1S/C11H8ClNOS/c12-11-10(2-1-7-13-11)14-8-3-5-9(15)6-4-8/h1-5,7H,6H2. The van der Waals surface area contributed by atoms with Crippen molar-refractivity contribution in [3.63, 3.8) is 0 Å². The zero-order chi connectivity index (χ0) is 10.7. The predicted molar refractivity (Wildman–Crippen MR) is 64.3 cm³/mol. The highest BCUT2D eigenvalue weighted by Gasteiger charge is 2.06. The van der Waals surface area contributed by atoms with E-state index in [9.17, 15) is 0 Å². The summed E-state index contributed by atoms with van der Waals surface area (Å²) in [4.78, 5) is 4.83. The summed E-state index contributed by atoms with van der Waals surface area (Å²) in [6.07, 6.45) is 7.96. The van der Waals surface area contributed by atoms with E-state index in [1.807, 2.05) is 18.2 Å². The summed E-state index contributed by atoms with van der Waals surface area (Å²) < 4.78 is 5.55. The Labute approximate surface area is 98.2 Å². The van der Waals surface area contributed by atoms with Crippen LogP contribution in [0.2, 0.25) is 5.15 Å². The summed E-state index contributed by atoms with van der Waals surface area (Å²) in [5, 5.41) is 0.361. The molecule has 0 N–H and O–H groups in total. The molecular weight excluding hydrogens is 230 g/mol. The van der Waals surface area contributed by atoms with E-state index in [1.54, 1.807) is 18.3 Å². The van der Waals surface area contributed by atoms with Gasteiger partial charge in [-0.1, -0.05) is 23.8 Å². The maximum Gasteiger partial charge on any atom is 0.171 e. The van der Waals surface area contributed by atoms with E-state index in [0.717, 1.165) is 17.0 Å². The molecule has 0 saturated carbocycles. The lowest BCUT2D eigenvalue weighted by atomic mass is 10.2. The molecule has 4 heteroatoms. The van der Waals surface area contributed by atoms with Crippen LogP contribution in [0, 0.1) is 0 Å². The number of aromatic nitrogens is 1. The first kappa shape index (κ1) is 10.3. The molecule has 0 unspecified atom stereocenters. The SMILES string of the molecule is S=C1C=CC(Oc2cccnc2Cl)=CC1. The molecule has 15 heavy (non-hydrogen) atoms. The van der Waals surface area contributed by atoms with Crippen molar-refractivity contribution in [3.8, 4) is 5.75 Å². The molecule has 0 spiro atoms. The van der Waals surface area contributed by atoms with E-state index < -0.39 is 0 Å². The van der Waals surface area contributed by atoms with Gasteiger partial charge in [0.2, 0.25) is 0 Å². The Morgan fingerprint density at radius 3 is 2.93 bits per heavy atom. The molecule has 2 nitrogen and oxygen atoms in total. The van der Waals surface area contributed by atoms with Crippen molar-refractivity contribution in [1.82, 2.24) is 4.98 Å². The van der Waals surface area contributed by atoms with Crippen molar-refractivity contribution in [2.45, 2.75) is 6.42 Å². The molecule has 0 amide bonds. The molecule has 76 valence electrons. The van der Waals surface area contributed by atoms with Crippen LogP contribution in [0.15, 0.2) is 42.3 Å². The van der Waals surface area contributed by atoms with Gasteiger partial charge in [0.25, 0.3) is 0 Å². The van der Waals surface area contributed by atoms with Crippen LogP contribution < -0.4 is 4.74 Å². The minimum absolute atomic E-state index is 0.361. The number of rotatable bonds is 2. The third-order valence-corrected chi connectivity index (χ3v) is 2.48. The molecule has 0 bridgehead atoms. The highest BCUT2D eigenvalue weighted by Crippen LogP contribution is 2.24. The number of ether oxygens (including phenoxy) is 1. The largest absolute Gasteiger partial charge is 0.454 e.